The van der Waals surface area contributed by atoms with E-state index in [0.29, 0.717) is 44.0 Å². The number of amides is 2. The number of hydrogen-bond donors (Lipinski definition) is 2. The molecule has 2 amide bonds. The Bertz CT molecular complexity index is 521. The van der Waals surface area contributed by atoms with Crippen LogP contribution in [0.15, 0.2) is 18.3 Å². The van der Waals surface area contributed by atoms with E-state index in [9.17, 15) is 9.59 Å². The van der Waals surface area contributed by atoms with Crippen molar-refractivity contribution in [1.29, 1.82) is 0 Å². The van der Waals surface area contributed by atoms with Crippen molar-refractivity contribution in [3.05, 3.63) is 23.9 Å². The number of nitrogens with one attached hydrogen (secondary N) is 1. The predicted molar refractivity (Wildman–Crippen MR) is 77.8 cm³/mol. The number of nitrogens with two attached hydrogens (primary N) is 1. The van der Waals surface area contributed by atoms with Gasteiger partial charge in [-0.05, 0) is 12.1 Å². The van der Waals surface area contributed by atoms with Gasteiger partial charge in [0.15, 0.2) is 0 Å². The van der Waals surface area contributed by atoms with Gasteiger partial charge in [0.05, 0.1) is 12.2 Å². The quantitative estimate of drug-likeness (QED) is 0.742. The number of ether oxygens (including phenoxy) is 1. The van der Waals surface area contributed by atoms with Gasteiger partial charge < -0.3 is 20.7 Å². The molecule has 114 valence electrons. The van der Waals surface area contributed by atoms with Gasteiger partial charge in [0, 0.05) is 45.3 Å². The monoisotopic (exact) mass is 292 g/mol. The lowest BCUT2D eigenvalue weighted by Crippen LogP contribution is -2.29. The van der Waals surface area contributed by atoms with Gasteiger partial charge in [-0.3, -0.25) is 9.59 Å². The van der Waals surface area contributed by atoms with E-state index in [1.807, 2.05) is 0 Å². The highest BCUT2D eigenvalue weighted by atomic mass is 16.5. The maximum atomic E-state index is 11.8. The number of aromatic nitrogens is 1. The van der Waals surface area contributed by atoms with Gasteiger partial charge in [-0.25, -0.2) is 4.98 Å². The number of hydrogen-bond acceptors (Lipinski definition) is 5. The first kappa shape index (κ1) is 15.2. The average molecular weight is 292 g/mol. The number of rotatable bonds is 7. The van der Waals surface area contributed by atoms with Crippen LogP contribution in [0, 0.1) is 5.92 Å². The molecule has 0 bridgehead atoms. The Labute approximate surface area is 123 Å². The molecule has 0 spiro atoms. The second-order valence-electron chi connectivity index (χ2n) is 5.05. The van der Waals surface area contributed by atoms with Crippen molar-refractivity contribution in [2.45, 2.75) is 6.42 Å². The maximum absolute atomic E-state index is 11.8. The third-order valence-corrected chi connectivity index (χ3v) is 3.49. The summed E-state index contributed by atoms with van der Waals surface area (Å²) in [4.78, 5) is 29.0. The molecule has 1 aliphatic rings. The van der Waals surface area contributed by atoms with Gasteiger partial charge in [-0.15, -0.1) is 0 Å². The maximum Gasteiger partial charge on any atom is 0.252 e. The third kappa shape index (κ3) is 3.91. The molecule has 0 aliphatic carbocycles. The lowest BCUT2D eigenvalue weighted by atomic mass is 10.1. The largest absolute Gasteiger partial charge is 0.383 e. The Morgan fingerprint density at radius 3 is 3.14 bits per heavy atom. The summed E-state index contributed by atoms with van der Waals surface area (Å²) in [5, 5.41) is 3.11. The summed E-state index contributed by atoms with van der Waals surface area (Å²) >= 11 is 0. The van der Waals surface area contributed by atoms with E-state index in [-0.39, 0.29) is 11.8 Å². The molecule has 2 rings (SSSR count). The van der Waals surface area contributed by atoms with E-state index < -0.39 is 5.91 Å². The molecule has 1 aliphatic heterocycles. The molecule has 1 aromatic heterocycles. The van der Waals surface area contributed by atoms with E-state index >= 15 is 0 Å². The Morgan fingerprint density at radius 1 is 1.62 bits per heavy atom. The number of methoxy groups -OCH3 is 1. The molecule has 0 radical (unpaired) electrons. The normalized spacial score (nSPS) is 18.0. The Morgan fingerprint density at radius 2 is 2.43 bits per heavy atom. The van der Waals surface area contributed by atoms with Crippen LogP contribution in [0.1, 0.15) is 16.8 Å². The third-order valence-electron chi connectivity index (χ3n) is 3.49. The van der Waals surface area contributed by atoms with Gasteiger partial charge in [0.25, 0.3) is 5.91 Å². The molecule has 1 atom stereocenters. The topological polar surface area (TPSA) is 97.5 Å². The van der Waals surface area contributed by atoms with Gasteiger partial charge in [-0.2, -0.15) is 0 Å². The zero-order chi connectivity index (χ0) is 15.2. The fourth-order valence-corrected chi connectivity index (χ4v) is 2.39. The van der Waals surface area contributed by atoms with Gasteiger partial charge in [0.2, 0.25) is 5.91 Å². The number of anilines is 1. The summed E-state index contributed by atoms with van der Waals surface area (Å²) in [5.41, 5.74) is 5.66. The van der Waals surface area contributed by atoms with Crippen molar-refractivity contribution in [3.63, 3.8) is 0 Å². The highest BCUT2D eigenvalue weighted by Gasteiger charge is 2.29. The van der Waals surface area contributed by atoms with Crippen LogP contribution in [0.4, 0.5) is 5.82 Å². The molecular formula is C14H20N4O3. The van der Waals surface area contributed by atoms with Crippen LogP contribution >= 0.6 is 0 Å². The summed E-state index contributed by atoms with van der Waals surface area (Å²) in [6.07, 6.45) is 2.09. The zero-order valence-corrected chi connectivity index (χ0v) is 12.0. The zero-order valence-electron chi connectivity index (χ0n) is 12.0. The van der Waals surface area contributed by atoms with Crippen molar-refractivity contribution in [2.24, 2.45) is 11.7 Å². The highest BCUT2D eigenvalue weighted by molar-refractivity contribution is 5.97. The van der Waals surface area contributed by atoms with Crippen molar-refractivity contribution < 1.29 is 14.3 Å². The van der Waals surface area contributed by atoms with E-state index in [1.165, 1.54) is 0 Å². The molecule has 0 saturated carbocycles. The number of carbonyl (C=O) groups is 2. The van der Waals surface area contributed by atoms with E-state index in [2.05, 4.69) is 10.3 Å². The number of nitrogens with zero attached hydrogens (tertiary/aromatic N) is 2. The summed E-state index contributed by atoms with van der Waals surface area (Å²) < 4.78 is 4.99. The SMILES string of the molecule is COCCN1CC(CNc2ncccc2C(N)=O)CC1=O. The molecule has 21 heavy (non-hydrogen) atoms. The Hall–Kier alpha value is -2.15. The fourth-order valence-electron chi connectivity index (χ4n) is 2.39. The average Bonchev–Trinajstić information content (AvgIpc) is 2.83. The van der Waals surface area contributed by atoms with Crippen LogP contribution < -0.4 is 11.1 Å². The first-order chi connectivity index (χ1) is 10.1. The second kappa shape index (κ2) is 7.03. The van der Waals surface area contributed by atoms with Gasteiger partial charge in [0.1, 0.15) is 5.82 Å². The number of likely N-dealkylation sites (tertiary alicyclic amines) is 1. The van der Waals surface area contributed by atoms with Crippen molar-refractivity contribution >= 4 is 17.6 Å². The van der Waals surface area contributed by atoms with Crippen molar-refractivity contribution in [2.75, 3.05) is 38.7 Å². The minimum Gasteiger partial charge on any atom is -0.383 e. The minimum atomic E-state index is -0.519. The molecule has 1 aromatic rings. The number of primary amides is 1. The number of pyridine rings is 1. The molecule has 1 unspecified atom stereocenters. The van der Waals surface area contributed by atoms with Crippen molar-refractivity contribution in [3.8, 4) is 0 Å². The Balaban J connectivity index is 1.90. The van der Waals surface area contributed by atoms with E-state index in [4.69, 9.17) is 10.5 Å². The fraction of sp³-hybridized carbons (Fsp3) is 0.500. The van der Waals surface area contributed by atoms with Crippen LogP contribution in [-0.4, -0.2) is 55.0 Å². The first-order valence-electron chi connectivity index (χ1n) is 6.87. The lowest BCUT2D eigenvalue weighted by Gasteiger charge is -2.16. The second-order valence-corrected chi connectivity index (χ2v) is 5.05. The van der Waals surface area contributed by atoms with Crippen LogP contribution in [-0.2, 0) is 9.53 Å². The lowest BCUT2D eigenvalue weighted by molar-refractivity contribution is -0.128. The molecule has 1 saturated heterocycles. The molecule has 7 nitrogen and oxygen atoms in total. The molecular weight excluding hydrogens is 272 g/mol. The smallest absolute Gasteiger partial charge is 0.252 e. The van der Waals surface area contributed by atoms with Gasteiger partial charge >= 0.3 is 0 Å². The van der Waals surface area contributed by atoms with Crippen molar-refractivity contribution in [1.82, 2.24) is 9.88 Å². The van der Waals surface area contributed by atoms with E-state index in [0.717, 1.165) is 0 Å². The molecule has 0 aromatic carbocycles. The summed E-state index contributed by atoms with van der Waals surface area (Å²) in [5.74, 6) is 0.273. The molecule has 2 heterocycles. The highest BCUT2D eigenvalue weighted by Crippen LogP contribution is 2.19. The Kier molecular flexibility index (Phi) is 5.10. The van der Waals surface area contributed by atoms with Crippen LogP contribution in [0.5, 0.6) is 0 Å². The standard InChI is InChI=1S/C14H20N4O3/c1-21-6-5-18-9-10(7-12(18)19)8-17-14-11(13(15)20)3-2-4-16-14/h2-4,10H,5-9H2,1H3,(H2,15,20)(H,16,17). The minimum absolute atomic E-state index is 0.134. The summed E-state index contributed by atoms with van der Waals surface area (Å²) in [6.45, 7) is 2.42. The molecule has 7 heteroatoms. The van der Waals surface area contributed by atoms with Gasteiger partial charge in [-0.1, -0.05) is 0 Å². The molecule has 1 fully saturated rings. The van der Waals surface area contributed by atoms with E-state index in [1.54, 1.807) is 30.3 Å². The van der Waals surface area contributed by atoms with Crippen LogP contribution in [0.25, 0.3) is 0 Å². The van der Waals surface area contributed by atoms with Crippen LogP contribution in [0.3, 0.4) is 0 Å². The first-order valence-corrected chi connectivity index (χ1v) is 6.87. The number of carbonyl (C=O) groups excluding carboxylic acids is 2. The van der Waals surface area contributed by atoms with Crippen LogP contribution in [0.2, 0.25) is 0 Å². The summed E-state index contributed by atoms with van der Waals surface area (Å²) in [6, 6.07) is 3.29. The summed E-state index contributed by atoms with van der Waals surface area (Å²) in [7, 11) is 1.62. The molecule has 3 N–H and O–H groups in total. The predicted octanol–water partition coefficient (Wildman–Crippen LogP) is 0.0873.